The van der Waals surface area contributed by atoms with Crippen LogP contribution in [0.1, 0.15) is 20.8 Å². The van der Waals surface area contributed by atoms with E-state index in [2.05, 4.69) is 29.1 Å². The Labute approximate surface area is 79.9 Å². The van der Waals surface area contributed by atoms with Crippen molar-refractivity contribution in [3.05, 3.63) is 0 Å². The third-order valence-corrected chi connectivity index (χ3v) is 1.99. The van der Waals surface area contributed by atoms with Crippen molar-refractivity contribution in [2.24, 2.45) is 4.99 Å². The first-order chi connectivity index (χ1) is 5.65. The van der Waals surface area contributed by atoms with Crippen LogP contribution in [0.3, 0.4) is 0 Å². The van der Waals surface area contributed by atoms with Crippen LogP contribution in [0.2, 0.25) is 0 Å². The standard InChI is InChI=1S/C8H17N3S/c1-5-11(6-2)7(3)10-8(12)9-4/h5-6H2,1-4H3,(H,9,12)/b10-7+. The fraction of sp³-hybridized carbons (Fsp3) is 0.750. The molecule has 0 saturated carbocycles. The molecule has 0 aromatic carbocycles. The maximum Gasteiger partial charge on any atom is 0.194 e. The Hall–Kier alpha value is -0.640. The zero-order valence-electron chi connectivity index (χ0n) is 8.22. The summed E-state index contributed by atoms with van der Waals surface area (Å²) in [5, 5.41) is 3.36. The van der Waals surface area contributed by atoms with Crippen LogP contribution in [0.15, 0.2) is 4.99 Å². The van der Waals surface area contributed by atoms with Gasteiger partial charge in [0.2, 0.25) is 0 Å². The molecule has 1 N–H and O–H groups in total. The molecule has 0 aromatic heterocycles. The smallest absolute Gasteiger partial charge is 0.194 e. The maximum atomic E-state index is 4.92. The van der Waals surface area contributed by atoms with Crippen LogP contribution >= 0.6 is 12.2 Å². The molecule has 0 rings (SSSR count). The number of aliphatic imine (C=N–C) groups is 1. The minimum Gasteiger partial charge on any atom is -0.364 e. The molecule has 3 nitrogen and oxygen atoms in total. The van der Waals surface area contributed by atoms with Crippen molar-refractivity contribution in [1.82, 2.24) is 10.2 Å². The van der Waals surface area contributed by atoms with Crippen LogP contribution in [0, 0.1) is 0 Å². The van der Waals surface area contributed by atoms with E-state index in [-0.39, 0.29) is 0 Å². The molecule has 0 aliphatic carbocycles. The first-order valence-electron chi connectivity index (χ1n) is 4.17. The number of hydrogen-bond donors (Lipinski definition) is 1. The molecule has 0 radical (unpaired) electrons. The molecule has 0 aliphatic rings. The van der Waals surface area contributed by atoms with Gasteiger partial charge in [-0.15, -0.1) is 0 Å². The van der Waals surface area contributed by atoms with Gasteiger partial charge in [0.1, 0.15) is 5.84 Å². The van der Waals surface area contributed by atoms with Crippen LogP contribution in [0.25, 0.3) is 0 Å². The third kappa shape index (κ3) is 3.67. The normalized spacial score (nSPS) is 11.2. The molecule has 0 spiro atoms. The Bertz CT molecular complexity index is 173. The summed E-state index contributed by atoms with van der Waals surface area (Å²) in [6, 6.07) is 0. The minimum absolute atomic E-state index is 0.541. The second-order valence-corrected chi connectivity index (χ2v) is 2.77. The summed E-state index contributed by atoms with van der Waals surface area (Å²) in [6.07, 6.45) is 0. The Morgan fingerprint density at radius 1 is 1.42 bits per heavy atom. The average Bonchev–Trinajstić information content (AvgIpc) is 2.06. The molecule has 0 aliphatic heterocycles. The van der Waals surface area contributed by atoms with Crippen molar-refractivity contribution in [2.45, 2.75) is 20.8 Å². The second kappa shape index (κ2) is 5.94. The molecule has 4 heteroatoms. The number of amidine groups is 1. The summed E-state index contributed by atoms with van der Waals surface area (Å²) in [6.45, 7) is 8.11. The van der Waals surface area contributed by atoms with Crippen LogP contribution in [-0.2, 0) is 0 Å². The highest BCUT2D eigenvalue weighted by molar-refractivity contribution is 7.80. The van der Waals surface area contributed by atoms with E-state index in [4.69, 9.17) is 12.2 Å². The van der Waals surface area contributed by atoms with Gasteiger partial charge in [-0.3, -0.25) is 0 Å². The van der Waals surface area contributed by atoms with Gasteiger partial charge in [0.15, 0.2) is 5.11 Å². The Morgan fingerprint density at radius 2 is 1.92 bits per heavy atom. The zero-order chi connectivity index (χ0) is 9.56. The second-order valence-electron chi connectivity index (χ2n) is 2.39. The molecular weight excluding hydrogens is 170 g/mol. The van der Waals surface area contributed by atoms with Gasteiger partial charge < -0.3 is 10.2 Å². The number of thiocarbonyl (C=S) groups is 1. The number of nitrogens with one attached hydrogen (secondary N) is 1. The Morgan fingerprint density at radius 3 is 2.25 bits per heavy atom. The lowest BCUT2D eigenvalue weighted by molar-refractivity contribution is 0.463. The highest BCUT2D eigenvalue weighted by atomic mass is 32.1. The topological polar surface area (TPSA) is 27.6 Å². The quantitative estimate of drug-likeness (QED) is 0.400. The minimum atomic E-state index is 0.541. The lowest BCUT2D eigenvalue weighted by atomic mass is 10.5. The summed E-state index contributed by atoms with van der Waals surface area (Å²) >= 11 is 4.92. The largest absolute Gasteiger partial charge is 0.364 e. The summed E-state index contributed by atoms with van der Waals surface area (Å²) < 4.78 is 0. The molecule has 0 unspecified atom stereocenters. The molecular formula is C8H17N3S. The van der Waals surface area contributed by atoms with Crippen molar-refractivity contribution in [3.63, 3.8) is 0 Å². The van der Waals surface area contributed by atoms with Crippen molar-refractivity contribution < 1.29 is 0 Å². The Kier molecular flexibility index (Phi) is 5.62. The van der Waals surface area contributed by atoms with Crippen molar-refractivity contribution in [1.29, 1.82) is 0 Å². The summed E-state index contributed by atoms with van der Waals surface area (Å²) in [7, 11) is 1.78. The lowest BCUT2D eigenvalue weighted by Gasteiger charge is -2.19. The molecule has 0 aromatic rings. The summed E-state index contributed by atoms with van der Waals surface area (Å²) in [5.74, 6) is 0.972. The fourth-order valence-corrected chi connectivity index (χ4v) is 1.09. The maximum absolute atomic E-state index is 4.92. The van der Waals surface area contributed by atoms with Gasteiger partial charge in [-0.05, 0) is 33.0 Å². The first-order valence-corrected chi connectivity index (χ1v) is 4.58. The molecule has 0 fully saturated rings. The van der Waals surface area contributed by atoms with E-state index in [1.165, 1.54) is 0 Å². The van der Waals surface area contributed by atoms with Crippen molar-refractivity contribution in [3.8, 4) is 0 Å². The SMILES string of the molecule is CCN(CC)/C(C)=N/C(=S)NC. The van der Waals surface area contributed by atoms with E-state index in [1.807, 2.05) is 6.92 Å². The number of hydrogen-bond acceptors (Lipinski definition) is 1. The van der Waals surface area contributed by atoms with Gasteiger partial charge in [0.05, 0.1) is 0 Å². The van der Waals surface area contributed by atoms with Gasteiger partial charge in [0.25, 0.3) is 0 Å². The molecule has 0 saturated heterocycles. The van der Waals surface area contributed by atoms with Gasteiger partial charge in [-0.1, -0.05) is 0 Å². The van der Waals surface area contributed by atoms with Crippen LogP contribution in [0.4, 0.5) is 0 Å². The molecule has 0 bridgehead atoms. The van der Waals surface area contributed by atoms with E-state index < -0.39 is 0 Å². The van der Waals surface area contributed by atoms with Gasteiger partial charge in [-0.25, -0.2) is 4.99 Å². The predicted octanol–water partition coefficient (Wildman–Crippen LogP) is 1.25. The predicted molar refractivity (Wildman–Crippen MR) is 57.7 cm³/mol. The van der Waals surface area contributed by atoms with E-state index in [0.717, 1.165) is 18.9 Å². The van der Waals surface area contributed by atoms with Gasteiger partial charge >= 0.3 is 0 Å². The average molecular weight is 187 g/mol. The highest BCUT2D eigenvalue weighted by Crippen LogP contribution is 1.91. The number of rotatable bonds is 2. The van der Waals surface area contributed by atoms with Crippen LogP contribution in [-0.4, -0.2) is 36.0 Å². The third-order valence-electron chi connectivity index (χ3n) is 1.70. The number of nitrogens with zero attached hydrogens (tertiary/aromatic N) is 2. The monoisotopic (exact) mass is 187 g/mol. The highest BCUT2D eigenvalue weighted by Gasteiger charge is 2.00. The zero-order valence-corrected chi connectivity index (χ0v) is 9.03. The van der Waals surface area contributed by atoms with Crippen molar-refractivity contribution >= 4 is 23.2 Å². The summed E-state index contributed by atoms with van der Waals surface area (Å²) in [5.41, 5.74) is 0. The first kappa shape index (κ1) is 11.4. The van der Waals surface area contributed by atoms with Crippen LogP contribution < -0.4 is 5.32 Å². The molecule has 0 atom stereocenters. The van der Waals surface area contributed by atoms with E-state index in [9.17, 15) is 0 Å². The van der Waals surface area contributed by atoms with Crippen LogP contribution in [0.5, 0.6) is 0 Å². The van der Waals surface area contributed by atoms with Gasteiger partial charge in [0, 0.05) is 20.1 Å². The van der Waals surface area contributed by atoms with E-state index in [1.54, 1.807) is 7.05 Å². The van der Waals surface area contributed by atoms with Crippen molar-refractivity contribution in [2.75, 3.05) is 20.1 Å². The van der Waals surface area contributed by atoms with Gasteiger partial charge in [-0.2, -0.15) is 0 Å². The Balaban J connectivity index is 4.23. The molecule has 12 heavy (non-hydrogen) atoms. The lowest BCUT2D eigenvalue weighted by Crippen LogP contribution is -2.30. The van der Waals surface area contributed by atoms with E-state index >= 15 is 0 Å². The molecule has 0 amide bonds. The molecule has 70 valence electrons. The van der Waals surface area contributed by atoms with E-state index in [0.29, 0.717) is 5.11 Å². The summed E-state index contributed by atoms with van der Waals surface area (Å²) in [4.78, 5) is 6.36. The molecule has 0 heterocycles. The fourth-order valence-electron chi connectivity index (χ4n) is 0.955.